The summed E-state index contributed by atoms with van der Waals surface area (Å²) in [6.45, 7) is 8.11. The number of fused-ring (bicyclic) bond motifs is 9. The number of benzene rings is 2. The first-order chi connectivity index (χ1) is 19.9. The van der Waals surface area contributed by atoms with Crippen molar-refractivity contribution in [2.45, 2.75) is 56.9 Å². The van der Waals surface area contributed by atoms with E-state index in [1.165, 1.54) is 0 Å². The Labute approximate surface area is 240 Å². The van der Waals surface area contributed by atoms with E-state index in [0.29, 0.717) is 48.2 Å². The Morgan fingerprint density at radius 1 is 1.10 bits per heavy atom. The zero-order valence-electron chi connectivity index (χ0n) is 24.2. The zero-order valence-corrected chi connectivity index (χ0v) is 24.2. The third-order valence-electron chi connectivity index (χ3n) is 9.09. The molecule has 10 heteroatoms. The number of likely N-dealkylation sites (N-methyl/N-ethyl adjacent to an activating group) is 1. The monoisotopic (exact) mass is 563 g/mol. The maximum absolute atomic E-state index is 11.0. The molecule has 4 heterocycles. The van der Waals surface area contributed by atoms with Crippen molar-refractivity contribution in [3.8, 4) is 34.8 Å². The van der Waals surface area contributed by atoms with Crippen molar-refractivity contribution < 1.29 is 33.5 Å². The third kappa shape index (κ3) is 3.98. The van der Waals surface area contributed by atoms with Crippen LogP contribution in [0.2, 0.25) is 0 Å². The molecular weight excluding hydrogens is 526 g/mol. The SMILES string of the molecule is C=CCOc1c(C)c2c(c3c1C[C@H]1[C@H]4c5c(cc(C)c(OC)c5OCOC)C[C@@H]([C@H](C#N)N1[C@H]3CO)N4C)OCO2. The lowest BCUT2D eigenvalue weighted by Crippen LogP contribution is -2.68. The lowest BCUT2D eigenvalue weighted by molar-refractivity contribution is -0.0832. The molecule has 2 aromatic carbocycles. The summed E-state index contributed by atoms with van der Waals surface area (Å²) in [6.07, 6.45) is 2.93. The summed E-state index contributed by atoms with van der Waals surface area (Å²) < 4.78 is 35.6. The molecule has 0 unspecified atom stereocenters. The minimum atomic E-state index is -0.494. The van der Waals surface area contributed by atoms with Gasteiger partial charge < -0.3 is 33.5 Å². The predicted octanol–water partition coefficient (Wildman–Crippen LogP) is 3.35. The Kier molecular flexibility index (Phi) is 7.24. The molecule has 1 saturated heterocycles. The van der Waals surface area contributed by atoms with E-state index in [-0.39, 0.29) is 38.3 Å². The van der Waals surface area contributed by atoms with E-state index in [9.17, 15) is 10.4 Å². The number of hydrogen-bond donors (Lipinski definition) is 1. The van der Waals surface area contributed by atoms with Crippen molar-refractivity contribution in [2.75, 3.05) is 48.1 Å². The minimum Gasteiger partial charge on any atom is -0.493 e. The van der Waals surface area contributed by atoms with E-state index in [0.717, 1.165) is 33.4 Å². The van der Waals surface area contributed by atoms with E-state index in [1.807, 2.05) is 13.8 Å². The van der Waals surface area contributed by atoms with Crippen LogP contribution in [-0.2, 0) is 17.6 Å². The summed E-state index contributed by atoms with van der Waals surface area (Å²) in [4.78, 5) is 4.50. The minimum absolute atomic E-state index is 0.0750. The lowest BCUT2D eigenvalue weighted by atomic mass is 9.71. The van der Waals surface area contributed by atoms with Crippen molar-refractivity contribution in [1.29, 1.82) is 5.26 Å². The molecule has 0 spiro atoms. The number of hydrogen-bond acceptors (Lipinski definition) is 10. The van der Waals surface area contributed by atoms with E-state index in [4.69, 9.17) is 28.4 Å². The molecule has 4 aliphatic rings. The molecule has 0 amide bonds. The number of methoxy groups -OCH3 is 2. The average molecular weight is 564 g/mol. The van der Waals surface area contributed by atoms with Crippen molar-refractivity contribution in [3.05, 3.63) is 52.1 Å². The molecule has 218 valence electrons. The summed E-state index contributed by atoms with van der Waals surface area (Å²) in [5, 5.41) is 21.6. The maximum atomic E-state index is 11.0. The molecule has 1 N–H and O–H groups in total. The van der Waals surface area contributed by atoms with E-state index in [2.05, 4.69) is 35.6 Å². The van der Waals surface area contributed by atoms with Gasteiger partial charge in [0.1, 0.15) is 18.4 Å². The molecule has 2 bridgehead atoms. The van der Waals surface area contributed by atoms with Gasteiger partial charge >= 0.3 is 0 Å². The van der Waals surface area contributed by atoms with Gasteiger partial charge in [0.2, 0.25) is 6.79 Å². The first kappa shape index (κ1) is 27.7. The maximum Gasteiger partial charge on any atom is 0.231 e. The van der Waals surface area contributed by atoms with Crippen LogP contribution in [0.4, 0.5) is 0 Å². The Hall–Kier alpha value is -3.49. The summed E-state index contributed by atoms with van der Waals surface area (Å²) in [5.41, 5.74) is 5.78. The quantitative estimate of drug-likeness (QED) is 0.380. The number of nitrogens with zero attached hydrogens (tertiary/aromatic N) is 3. The van der Waals surface area contributed by atoms with Gasteiger partial charge in [0, 0.05) is 41.4 Å². The molecular formula is C31H37N3O7. The first-order valence-electron chi connectivity index (χ1n) is 13.9. The smallest absolute Gasteiger partial charge is 0.231 e. The molecule has 2 aromatic rings. The third-order valence-corrected chi connectivity index (χ3v) is 9.09. The average Bonchev–Trinajstić information content (AvgIpc) is 3.46. The summed E-state index contributed by atoms with van der Waals surface area (Å²) >= 11 is 0. The second-order valence-corrected chi connectivity index (χ2v) is 11.1. The van der Waals surface area contributed by atoms with Gasteiger partial charge in [0.25, 0.3) is 0 Å². The molecule has 1 fully saturated rings. The number of aryl methyl sites for hydroxylation is 1. The fraction of sp³-hybridized carbons (Fsp3) is 0.516. The molecule has 10 nitrogen and oxygen atoms in total. The zero-order chi connectivity index (χ0) is 29.0. The van der Waals surface area contributed by atoms with Crippen molar-refractivity contribution in [1.82, 2.24) is 9.80 Å². The van der Waals surface area contributed by atoms with Crippen molar-refractivity contribution in [2.24, 2.45) is 0 Å². The Morgan fingerprint density at radius 2 is 1.88 bits per heavy atom. The fourth-order valence-electron chi connectivity index (χ4n) is 7.58. The number of ether oxygens (including phenoxy) is 6. The van der Waals surface area contributed by atoms with Crippen molar-refractivity contribution >= 4 is 0 Å². The highest BCUT2D eigenvalue weighted by atomic mass is 16.7. The number of aliphatic hydroxyl groups is 1. The van der Waals surface area contributed by atoms with Crippen LogP contribution in [0.1, 0.15) is 45.5 Å². The number of nitriles is 1. The Bertz CT molecular complexity index is 1420. The van der Waals surface area contributed by atoms with Gasteiger partial charge in [0.05, 0.1) is 31.9 Å². The van der Waals surface area contributed by atoms with Gasteiger partial charge in [0.15, 0.2) is 29.8 Å². The molecule has 5 atom stereocenters. The summed E-state index contributed by atoms with van der Waals surface area (Å²) in [7, 11) is 5.32. The van der Waals surface area contributed by atoms with Crippen LogP contribution in [0.15, 0.2) is 18.7 Å². The van der Waals surface area contributed by atoms with Gasteiger partial charge in [-0.1, -0.05) is 18.7 Å². The second kappa shape index (κ2) is 10.7. The van der Waals surface area contributed by atoms with Crippen LogP contribution in [0.5, 0.6) is 28.7 Å². The van der Waals surface area contributed by atoms with E-state index >= 15 is 0 Å². The van der Waals surface area contributed by atoms with Crippen LogP contribution < -0.4 is 23.7 Å². The van der Waals surface area contributed by atoms with Crippen molar-refractivity contribution in [3.63, 3.8) is 0 Å². The largest absolute Gasteiger partial charge is 0.493 e. The second-order valence-electron chi connectivity index (χ2n) is 11.1. The molecule has 0 saturated carbocycles. The molecule has 41 heavy (non-hydrogen) atoms. The van der Waals surface area contributed by atoms with Crippen LogP contribution >= 0.6 is 0 Å². The number of aliphatic hydroxyl groups excluding tert-OH is 1. The standard InChI is InChI=1S/C31H37N3O7/c1-7-8-38-28-17(3)29-31(41-15-40-29)25-19(28)11-21-26-24-18(9-16(2)27(37-6)30(24)39-14-36-5)10-20(33(26)4)22(12-32)34(21)23(25)13-35/h7,9,20-23,26,35H,1,8,10-11,13-15H2,2-6H3/t20-,21-,22-,23-,26-/m0/s1. The Balaban J connectivity index is 1.60. The highest BCUT2D eigenvalue weighted by Crippen LogP contribution is 2.58. The number of rotatable bonds is 8. The topological polar surface area (TPSA) is 106 Å². The van der Waals surface area contributed by atoms with E-state index < -0.39 is 12.1 Å². The van der Waals surface area contributed by atoms with Crippen LogP contribution in [0.3, 0.4) is 0 Å². The van der Waals surface area contributed by atoms with Gasteiger partial charge in [-0.2, -0.15) is 5.26 Å². The molecule has 0 aromatic heterocycles. The highest BCUT2D eigenvalue weighted by molar-refractivity contribution is 5.66. The van der Waals surface area contributed by atoms with Crippen LogP contribution in [0, 0.1) is 25.2 Å². The molecule has 0 radical (unpaired) electrons. The lowest BCUT2D eigenvalue weighted by Gasteiger charge is -2.59. The first-order valence-corrected chi connectivity index (χ1v) is 13.9. The summed E-state index contributed by atoms with van der Waals surface area (Å²) in [6, 6.07) is 3.36. The van der Waals surface area contributed by atoms with Crippen LogP contribution in [0.25, 0.3) is 0 Å². The van der Waals surface area contributed by atoms with Gasteiger partial charge in [-0.25, -0.2) is 0 Å². The molecule has 4 aliphatic heterocycles. The van der Waals surface area contributed by atoms with Gasteiger partial charge in [-0.15, -0.1) is 0 Å². The molecule has 6 rings (SSSR count). The normalized spacial score (nSPS) is 25.9. The number of piperazine rings is 1. The fourth-order valence-corrected chi connectivity index (χ4v) is 7.58. The van der Waals surface area contributed by atoms with E-state index in [1.54, 1.807) is 20.3 Å². The van der Waals surface area contributed by atoms with Gasteiger partial charge in [-0.3, -0.25) is 9.80 Å². The highest BCUT2D eigenvalue weighted by Gasteiger charge is 2.56. The van der Waals surface area contributed by atoms with Crippen LogP contribution in [-0.4, -0.2) is 81.1 Å². The summed E-state index contributed by atoms with van der Waals surface area (Å²) in [5.74, 6) is 3.30. The predicted molar refractivity (Wildman–Crippen MR) is 150 cm³/mol. The Morgan fingerprint density at radius 3 is 2.56 bits per heavy atom. The van der Waals surface area contributed by atoms with Gasteiger partial charge in [-0.05, 0) is 44.9 Å². The molecule has 0 aliphatic carbocycles.